The van der Waals surface area contributed by atoms with Gasteiger partial charge in [-0.2, -0.15) is 0 Å². The van der Waals surface area contributed by atoms with Crippen molar-refractivity contribution in [2.24, 2.45) is 0 Å². The molecule has 0 aliphatic carbocycles. The number of unbranched alkanes of at least 4 members (excludes halogenated alkanes) is 5. The van der Waals surface area contributed by atoms with E-state index < -0.39 is 5.97 Å². The number of nitrogens with zero attached hydrogens (tertiary/aromatic N) is 1. The van der Waals surface area contributed by atoms with Crippen molar-refractivity contribution in [1.82, 2.24) is 4.90 Å². The lowest BCUT2D eigenvalue weighted by atomic mass is 10.1. The molecular formula is C27H35NO3. The third-order valence-electron chi connectivity index (χ3n) is 5.15. The lowest BCUT2D eigenvalue weighted by Gasteiger charge is -2.21. The van der Waals surface area contributed by atoms with Gasteiger partial charge in [0.2, 0.25) is 5.91 Å². The Hall–Kier alpha value is -2.88. The summed E-state index contributed by atoms with van der Waals surface area (Å²) >= 11 is 0. The third kappa shape index (κ3) is 10.6. The maximum Gasteiger partial charge on any atom is 0.330 e. The fourth-order valence-corrected chi connectivity index (χ4v) is 3.33. The quantitative estimate of drug-likeness (QED) is 0.223. The van der Waals surface area contributed by atoms with E-state index >= 15 is 0 Å². The van der Waals surface area contributed by atoms with Gasteiger partial charge in [0.15, 0.2) is 0 Å². The molecule has 2 rings (SSSR count). The molecule has 0 aromatic heterocycles. The van der Waals surface area contributed by atoms with Gasteiger partial charge in [0.1, 0.15) is 0 Å². The predicted molar refractivity (Wildman–Crippen MR) is 125 cm³/mol. The molecule has 2 aromatic carbocycles. The zero-order chi connectivity index (χ0) is 22.2. The first kappa shape index (κ1) is 24.4. The molecule has 0 radical (unpaired) electrons. The monoisotopic (exact) mass is 421 g/mol. The summed E-state index contributed by atoms with van der Waals surface area (Å²) in [5.41, 5.74) is 2.23. The molecule has 166 valence electrons. The molecule has 0 N–H and O–H groups in total. The van der Waals surface area contributed by atoms with Gasteiger partial charge in [-0.25, -0.2) is 4.79 Å². The Morgan fingerprint density at radius 2 is 1.42 bits per heavy atom. The fraction of sp³-hybridized carbons (Fsp3) is 0.407. The van der Waals surface area contributed by atoms with Gasteiger partial charge in [0.05, 0.1) is 6.61 Å². The molecule has 0 unspecified atom stereocenters. The van der Waals surface area contributed by atoms with E-state index in [-0.39, 0.29) is 5.91 Å². The molecular weight excluding hydrogens is 386 g/mol. The van der Waals surface area contributed by atoms with E-state index in [0.717, 1.165) is 24.8 Å². The molecule has 0 saturated heterocycles. The minimum absolute atomic E-state index is 0.184. The van der Waals surface area contributed by atoms with Gasteiger partial charge < -0.3 is 9.64 Å². The molecule has 0 aliphatic heterocycles. The summed E-state index contributed by atoms with van der Waals surface area (Å²) in [7, 11) is 0. The van der Waals surface area contributed by atoms with Crippen LogP contribution in [0.4, 0.5) is 0 Å². The largest absolute Gasteiger partial charge is 0.463 e. The second-order valence-corrected chi connectivity index (χ2v) is 7.75. The number of ether oxygens (including phenoxy) is 1. The molecule has 4 nitrogen and oxygen atoms in total. The topological polar surface area (TPSA) is 46.6 Å². The van der Waals surface area contributed by atoms with Crippen molar-refractivity contribution < 1.29 is 14.3 Å². The highest BCUT2D eigenvalue weighted by Gasteiger charge is 2.12. The summed E-state index contributed by atoms with van der Waals surface area (Å²) in [6.07, 6.45) is 10.2. The molecule has 2 aromatic rings. The molecule has 0 saturated carbocycles. The molecule has 31 heavy (non-hydrogen) atoms. The van der Waals surface area contributed by atoms with Crippen molar-refractivity contribution >= 4 is 11.9 Å². The van der Waals surface area contributed by atoms with E-state index in [9.17, 15) is 9.59 Å². The molecule has 0 bridgehead atoms. The van der Waals surface area contributed by atoms with Crippen molar-refractivity contribution in [3.05, 3.63) is 83.9 Å². The van der Waals surface area contributed by atoms with Crippen LogP contribution in [0.25, 0.3) is 0 Å². The highest BCUT2D eigenvalue weighted by atomic mass is 16.5. The van der Waals surface area contributed by atoms with Crippen LogP contribution in [0.5, 0.6) is 0 Å². The lowest BCUT2D eigenvalue weighted by Crippen LogP contribution is -2.31. The minimum atomic E-state index is -0.454. The molecule has 4 heteroatoms. The van der Waals surface area contributed by atoms with Crippen LogP contribution >= 0.6 is 0 Å². The van der Waals surface area contributed by atoms with E-state index in [1.807, 2.05) is 48.5 Å². The molecule has 0 atom stereocenters. The molecule has 0 aliphatic rings. The van der Waals surface area contributed by atoms with Gasteiger partial charge in [-0.3, -0.25) is 4.79 Å². The average molecular weight is 422 g/mol. The zero-order valence-corrected chi connectivity index (χ0v) is 18.7. The van der Waals surface area contributed by atoms with Crippen LogP contribution in [0.2, 0.25) is 0 Å². The standard InChI is InChI=1S/C27H35NO3/c1-2-3-4-5-6-13-22-31-27(30)19-18-26(29)28(23-25-16-11-8-12-17-25)21-20-24-14-9-7-10-15-24/h7-12,14-19H,2-6,13,20-23H2,1H3/b19-18+. The Labute approximate surface area is 186 Å². The van der Waals surface area contributed by atoms with Crippen LogP contribution in [-0.4, -0.2) is 29.9 Å². The van der Waals surface area contributed by atoms with Crippen LogP contribution in [0, 0.1) is 0 Å². The summed E-state index contributed by atoms with van der Waals surface area (Å²) in [6.45, 7) is 3.68. The summed E-state index contributed by atoms with van der Waals surface area (Å²) in [5, 5.41) is 0. The number of carbonyl (C=O) groups is 2. The van der Waals surface area contributed by atoms with Gasteiger partial charge in [-0.15, -0.1) is 0 Å². The summed E-state index contributed by atoms with van der Waals surface area (Å²) in [4.78, 5) is 26.5. The van der Waals surface area contributed by atoms with Crippen molar-refractivity contribution in [1.29, 1.82) is 0 Å². The summed E-state index contributed by atoms with van der Waals surface area (Å²) < 4.78 is 5.23. The van der Waals surface area contributed by atoms with Crippen molar-refractivity contribution in [3.63, 3.8) is 0 Å². The van der Waals surface area contributed by atoms with Crippen LogP contribution in [0.15, 0.2) is 72.8 Å². The average Bonchev–Trinajstić information content (AvgIpc) is 2.81. The van der Waals surface area contributed by atoms with Crippen LogP contribution in [-0.2, 0) is 27.3 Å². The number of rotatable bonds is 14. The Morgan fingerprint density at radius 1 is 0.806 bits per heavy atom. The Morgan fingerprint density at radius 3 is 2.10 bits per heavy atom. The Bertz CT molecular complexity index is 787. The zero-order valence-electron chi connectivity index (χ0n) is 18.7. The highest BCUT2D eigenvalue weighted by Crippen LogP contribution is 2.09. The number of amides is 1. The van der Waals surface area contributed by atoms with E-state index in [2.05, 4.69) is 19.1 Å². The van der Waals surface area contributed by atoms with Crippen molar-refractivity contribution in [2.75, 3.05) is 13.2 Å². The lowest BCUT2D eigenvalue weighted by molar-refractivity contribution is -0.138. The summed E-state index contributed by atoms with van der Waals surface area (Å²) in [6, 6.07) is 20.0. The van der Waals surface area contributed by atoms with Gasteiger partial charge in [0.25, 0.3) is 0 Å². The van der Waals surface area contributed by atoms with E-state index in [0.29, 0.717) is 19.7 Å². The van der Waals surface area contributed by atoms with Crippen LogP contribution in [0.3, 0.4) is 0 Å². The first-order valence-electron chi connectivity index (χ1n) is 11.4. The van der Waals surface area contributed by atoms with Gasteiger partial charge in [-0.05, 0) is 24.0 Å². The van der Waals surface area contributed by atoms with E-state index in [1.165, 1.54) is 43.4 Å². The highest BCUT2D eigenvalue weighted by molar-refractivity contribution is 5.94. The number of carbonyl (C=O) groups excluding carboxylic acids is 2. The van der Waals surface area contributed by atoms with Crippen molar-refractivity contribution in [2.45, 2.75) is 58.4 Å². The fourth-order valence-electron chi connectivity index (χ4n) is 3.33. The van der Waals surface area contributed by atoms with Gasteiger partial charge >= 0.3 is 5.97 Å². The third-order valence-corrected chi connectivity index (χ3v) is 5.15. The maximum absolute atomic E-state index is 12.8. The first-order valence-corrected chi connectivity index (χ1v) is 11.4. The maximum atomic E-state index is 12.8. The molecule has 0 spiro atoms. The molecule has 0 heterocycles. The molecule has 1 amide bonds. The first-order chi connectivity index (χ1) is 15.2. The summed E-state index contributed by atoms with van der Waals surface area (Å²) in [5.74, 6) is -0.638. The minimum Gasteiger partial charge on any atom is -0.463 e. The smallest absolute Gasteiger partial charge is 0.330 e. The van der Waals surface area contributed by atoms with Gasteiger partial charge in [-0.1, -0.05) is 99.7 Å². The van der Waals surface area contributed by atoms with Crippen LogP contribution < -0.4 is 0 Å². The Balaban J connectivity index is 1.83. The van der Waals surface area contributed by atoms with Gasteiger partial charge in [0, 0.05) is 25.2 Å². The molecule has 0 fully saturated rings. The normalized spacial score (nSPS) is 10.9. The number of hydrogen-bond acceptors (Lipinski definition) is 3. The number of esters is 1. The van der Waals surface area contributed by atoms with E-state index in [4.69, 9.17) is 4.74 Å². The SMILES string of the molecule is CCCCCCCCOC(=O)/C=C/C(=O)N(CCc1ccccc1)Cc1ccccc1. The number of hydrogen-bond donors (Lipinski definition) is 0. The predicted octanol–water partition coefficient (Wildman–Crippen LogP) is 5.72. The van der Waals surface area contributed by atoms with Crippen LogP contribution in [0.1, 0.15) is 56.6 Å². The second-order valence-electron chi connectivity index (χ2n) is 7.75. The number of benzene rings is 2. The second kappa shape index (κ2) is 15.0. The van der Waals surface area contributed by atoms with E-state index in [1.54, 1.807) is 4.90 Å². The Kier molecular flexibility index (Phi) is 11.8. The van der Waals surface area contributed by atoms with Crippen molar-refractivity contribution in [3.8, 4) is 0 Å².